The number of hydrazine groups is 1. The number of amides is 2. The summed E-state index contributed by atoms with van der Waals surface area (Å²) in [5.74, 6) is 0.865. The Labute approximate surface area is 176 Å². The molecular weight excluding hydrogens is 366 g/mol. The second-order valence-corrected chi connectivity index (χ2v) is 7.54. The van der Waals surface area contributed by atoms with Crippen LogP contribution >= 0.6 is 0 Å². The molecular formula is C23H41N3O3. The molecule has 1 aromatic carbocycles. The summed E-state index contributed by atoms with van der Waals surface area (Å²) < 4.78 is 5.46. The van der Waals surface area contributed by atoms with Crippen molar-refractivity contribution >= 4 is 6.03 Å². The molecule has 1 rings (SSSR count). The number of urea groups is 1. The van der Waals surface area contributed by atoms with Gasteiger partial charge in [0, 0.05) is 6.54 Å². The molecule has 0 heterocycles. The molecule has 0 aliphatic rings. The Morgan fingerprint density at radius 3 is 1.97 bits per heavy atom. The fraction of sp³-hybridized carbons (Fsp3) is 0.696. The SMILES string of the molecule is CCCCCCCCCCCCCCNNC(=O)NCCOc1ccc(O)cc1. The van der Waals surface area contributed by atoms with Crippen molar-refractivity contribution in [2.75, 3.05) is 19.7 Å². The maximum atomic E-state index is 11.6. The summed E-state index contributed by atoms with van der Waals surface area (Å²) in [6.45, 7) is 3.83. The topological polar surface area (TPSA) is 82.6 Å². The van der Waals surface area contributed by atoms with Crippen LogP contribution in [0.25, 0.3) is 0 Å². The van der Waals surface area contributed by atoms with Gasteiger partial charge in [0.25, 0.3) is 0 Å². The van der Waals surface area contributed by atoms with Crippen LogP contribution in [0.1, 0.15) is 84.0 Å². The van der Waals surface area contributed by atoms with Crippen molar-refractivity contribution in [2.45, 2.75) is 84.0 Å². The van der Waals surface area contributed by atoms with Crippen LogP contribution in [-0.4, -0.2) is 30.8 Å². The number of rotatable bonds is 18. The van der Waals surface area contributed by atoms with Crippen LogP contribution in [-0.2, 0) is 0 Å². The molecule has 0 radical (unpaired) electrons. The minimum absolute atomic E-state index is 0.203. The highest BCUT2D eigenvalue weighted by Crippen LogP contribution is 2.15. The first kappa shape index (κ1) is 25.1. The fourth-order valence-corrected chi connectivity index (χ4v) is 3.12. The molecule has 0 aliphatic carbocycles. The van der Waals surface area contributed by atoms with E-state index in [1.807, 2.05) is 0 Å². The molecule has 2 amide bonds. The molecule has 4 N–H and O–H groups in total. The monoisotopic (exact) mass is 407 g/mol. The third-order valence-corrected chi connectivity index (χ3v) is 4.85. The minimum atomic E-state index is -0.252. The first-order valence-corrected chi connectivity index (χ1v) is 11.4. The van der Waals surface area contributed by atoms with E-state index in [4.69, 9.17) is 4.74 Å². The number of aromatic hydroxyl groups is 1. The van der Waals surface area contributed by atoms with Gasteiger partial charge in [0.05, 0.1) is 6.54 Å². The maximum absolute atomic E-state index is 11.6. The van der Waals surface area contributed by atoms with Crippen LogP contribution in [0.4, 0.5) is 4.79 Å². The quantitative estimate of drug-likeness (QED) is 0.197. The lowest BCUT2D eigenvalue weighted by atomic mass is 10.1. The minimum Gasteiger partial charge on any atom is -0.508 e. The standard InChI is InChI=1S/C23H41N3O3/c1-2-3-4-5-6-7-8-9-10-11-12-13-18-25-26-23(28)24-19-20-29-22-16-14-21(27)15-17-22/h14-17,25,27H,2-13,18-20H2,1H3,(H2,24,26,28). The van der Waals surface area contributed by atoms with Crippen molar-refractivity contribution in [1.29, 1.82) is 0 Å². The predicted octanol–water partition coefficient (Wildman–Crippen LogP) is 5.28. The molecule has 0 bridgehead atoms. The van der Waals surface area contributed by atoms with Gasteiger partial charge < -0.3 is 15.2 Å². The number of unbranched alkanes of at least 4 members (excludes halogenated alkanes) is 11. The van der Waals surface area contributed by atoms with Crippen LogP contribution in [0, 0.1) is 0 Å². The Balaban J connectivity index is 1.79. The van der Waals surface area contributed by atoms with E-state index in [0.717, 1.165) is 13.0 Å². The Morgan fingerprint density at radius 1 is 0.828 bits per heavy atom. The van der Waals surface area contributed by atoms with Gasteiger partial charge in [0.1, 0.15) is 18.1 Å². The molecule has 0 atom stereocenters. The number of nitrogens with one attached hydrogen (secondary N) is 3. The van der Waals surface area contributed by atoms with Crippen LogP contribution in [0.5, 0.6) is 11.5 Å². The van der Waals surface area contributed by atoms with Gasteiger partial charge in [-0.05, 0) is 30.7 Å². The molecule has 0 unspecified atom stereocenters. The molecule has 1 aromatic rings. The van der Waals surface area contributed by atoms with Crippen molar-refractivity contribution in [3.8, 4) is 11.5 Å². The summed E-state index contributed by atoms with van der Waals surface area (Å²) in [4.78, 5) is 11.6. The molecule has 166 valence electrons. The van der Waals surface area contributed by atoms with E-state index in [1.54, 1.807) is 24.3 Å². The molecule has 0 saturated carbocycles. The predicted molar refractivity (Wildman–Crippen MR) is 119 cm³/mol. The number of ether oxygens (including phenoxy) is 1. The van der Waals surface area contributed by atoms with E-state index < -0.39 is 0 Å². The smallest absolute Gasteiger partial charge is 0.329 e. The molecule has 0 saturated heterocycles. The lowest BCUT2D eigenvalue weighted by Gasteiger charge is -2.10. The van der Waals surface area contributed by atoms with Crippen LogP contribution in [0.15, 0.2) is 24.3 Å². The van der Waals surface area contributed by atoms with E-state index in [1.165, 1.54) is 70.6 Å². The molecule has 29 heavy (non-hydrogen) atoms. The van der Waals surface area contributed by atoms with E-state index in [-0.39, 0.29) is 11.8 Å². The molecule has 6 heteroatoms. The van der Waals surface area contributed by atoms with Crippen molar-refractivity contribution < 1.29 is 14.6 Å². The highest BCUT2D eigenvalue weighted by molar-refractivity contribution is 5.73. The largest absolute Gasteiger partial charge is 0.508 e. The molecule has 6 nitrogen and oxygen atoms in total. The van der Waals surface area contributed by atoms with Crippen molar-refractivity contribution in [3.63, 3.8) is 0 Å². The summed E-state index contributed by atoms with van der Waals surface area (Å²) in [5.41, 5.74) is 5.59. The van der Waals surface area contributed by atoms with E-state index in [2.05, 4.69) is 23.1 Å². The number of hydrogen-bond donors (Lipinski definition) is 4. The van der Waals surface area contributed by atoms with Crippen molar-refractivity contribution in [1.82, 2.24) is 16.2 Å². The molecule has 0 spiro atoms. The van der Waals surface area contributed by atoms with E-state index in [0.29, 0.717) is 18.9 Å². The van der Waals surface area contributed by atoms with Gasteiger partial charge in [0.2, 0.25) is 0 Å². The van der Waals surface area contributed by atoms with Gasteiger partial charge in [-0.25, -0.2) is 10.2 Å². The Morgan fingerprint density at radius 2 is 1.38 bits per heavy atom. The number of carbonyl (C=O) groups is 1. The number of hydrogen-bond acceptors (Lipinski definition) is 4. The van der Waals surface area contributed by atoms with E-state index >= 15 is 0 Å². The lowest BCUT2D eigenvalue weighted by molar-refractivity contribution is 0.232. The molecule has 0 fully saturated rings. The summed E-state index contributed by atoms with van der Waals surface area (Å²) in [7, 11) is 0. The van der Waals surface area contributed by atoms with Crippen molar-refractivity contribution in [3.05, 3.63) is 24.3 Å². The third kappa shape index (κ3) is 15.6. The summed E-state index contributed by atoms with van der Waals surface area (Å²) in [6.07, 6.45) is 15.9. The number of carbonyl (C=O) groups excluding carboxylic acids is 1. The highest BCUT2D eigenvalue weighted by atomic mass is 16.5. The van der Waals surface area contributed by atoms with Gasteiger partial charge in [-0.15, -0.1) is 0 Å². The fourth-order valence-electron chi connectivity index (χ4n) is 3.12. The highest BCUT2D eigenvalue weighted by Gasteiger charge is 1.99. The second kappa shape index (κ2) is 18.1. The lowest BCUT2D eigenvalue weighted by Crippen LogP contribution is -2.45. The van der Waals surface area contributed by atoms with Gasteiger partial charge >= 0.3 is 6.03 Å². The van der Waals surface area contributed by atoms with E-state index in [9.17, 15) is 9.90 Å². The Bertz CT molecular complexity index is 509. The van der Waals surface area contributed by atoms with Gasteiger partial charge in [-0.2, -0.15) is 0 Å². The van der Waals surface area contributed by atoms with Gasteiger partial charge in [0.15, 0.2) is 0 Å². The Hall–Kier alpha value is -1.95. The number of phenols is 1. The third-order valence-electron chi connectivity index (χ3n) is 4.85. The number of phenolic OH excluding ortho intramolecular Hbond substituents is 1. The zero-order valence-electron chi connectivity index (χ0n) is 18.2. The van der Waals surface area contributed by atoms with Crippen LogP contribution < -0.4 is 20.9 Å². The normalized spacial score (nSPS) is 10.7. The van der Waals surface area contributed by atoms with Gasteiger partial charge in [-0.1, -0.05) is 77.6 Å². The summed E-state index contributed by atoms with van der Waals surface area (Å²) >= 11 is 0. The Kier molecular flexibility index (Phi) is 15.7. The second-order valence-electron chi connectivity index (χ2n) is 7.54. The first-order valence-electron chi connectivity index (χ1n) is 11.4. The molecule has 0 aliphatic heterocycles. The summed E-state index contributed by atoms with van der Waals surface area (Å²) in [5, 5.41) is 11.9. The zero-order valence-corrected chi connectivity index (χ0v) is 18.2. The average molecular weight is 408 g/mol. The van der Waals surface area contributed by atoms with Crippen molar-refractivity contribution in [2.24, 2.45) is 0 Å². The molecule has 0 aromatic heterocycles. The first-order chi connectivity index (χ1) is 14.2. The number of benzene rings is 1. The van der Waals surface area contributed by atoms with Crippen LogP contribution in [0.2, 0.25) is 0 Å². The zero-order chi connectivity index (χ0) is 21.0. The van der Waals surface area contributed by atoms with Gasteiger partial charge in [-0.3, -0.25) is 5.43 Å². The summed E-state index contributed by atoms with van der Waals surface area (Å²) in [6, 6.07) is 6.25. The average Bonchev–Trinajstić information content (AvgIpc) is 2.72. The van der Waals surface area contributed by atoms with Crippen LogP contribution in [0.3, 0.4) is 0 Å². The maximum Gasteiger partial charge on any atom is 0.329 e.